The number of nitrogens with one attached hydrogen (secondary N) is 1. The number of hydrogen-bond acceptors (Lipinski definition) is 4. The summed E-state index contributed by atoms with van der Waals surface area (Å²) in [5.41, 5.74) is 5.48. The van der Waals surface area contributed by atoms with Crippen molar-refractivity contribution in [2.24, 2.45) is 21.6 Å². The molecule has 4 heteroatoms. The third-order valence-electron chi connectivity index (χ3n) is 3.99. The van der Waals surface area contributed by atoms with Crippen LogP contribution in [0.1, 0.15) is 47.5 Å². The highest BCUT2D eigenvalue weighted by Crippen LogP contribution is 2.33. The molecule has 2 rings (SSSR count). The molecule has 0 amide bonds. The molecule has 2 atom stereocenters. The molecule has 0 fully saturated rings. The minimum atomic E-state index is -0.810. The molecule has 118 valence electrons. The van der Waals surface area contributed by atoms with Crippen LogP contribution in [-0.2, 0) is 4.74 Å². The Morgan fingerprint density at radius 3 is 2.55 bits per heavy atom. The van der Waals surface area contributed by atoms with Gasteiger partial charge in [0.05, 0.1) is 5.41 Å². The lowest BCUT2D eigenvalue weighted by Crippen LogP contribution is -2.33. The average molecular weight is 299 g/mol. The number of ether oxygens (including phenoxy) is 1. The van der Waals surface area contributed by atoms with Crippen molar-refractivity contribution in [2.75, 3.05) is 0 Å². The lowest BCUT2D eigenvalue weighted by Gasteiger charge is -2.27. The smallest absolute Gasteiger partial charge is 0.202 e. The average Bonchev–Trinajstić information content (AvgIpc) is 2.46. The third kappa shape index (κ3) is 3.59. The molecule has 1 heterocycles. The molecule has 3 N–H and O–H groups in total. The molecule has 0 aromatic heterocycles. The number of allylic oxidation sites excluding steroid dienone is 4. The maximum absolute atomic E-state index is 8.26. The lowest BCUT2D eigenvalue weighted by molar-refractivity contribution is 0.0943. The zero-order chi connectivity index (χ0) is 16.6. The van der Waals surface area contributed by atoms with Crippen molar-refractivity contribution in [3.05, 3.63) is 23.8 Å². The van der Waals surface area contributed by atoms with E-state index in [4.69, 9.17) is 15.9 Å². The molecular weight excluding hydrogens is 274 g/mol. The third-order valence-corrected chi connectivity index (χ3v) is 3.99. The molecule has 0 aromatic carbocycles. The van der Waals surface area contributed by atoms with E-state index in [9.17, 15) is 0 Å². The molecule has 0 spiro atoms. The summed E-state index contributed by atoms with van der Waals surface area (Å²) in [6.45, 7) is 9.67. The summed E-state index contributed by atoms with van der Waals surface area (Å²) in [6, 6.07) is 0. The first-order valence-electron chi connectivity index (χ1n) is 7.56. The van der Waals surface area contributed by atoms with E-state index in [1.165, 1.54) is 5.57 Å². The molecular formula is C18H25N3O. The summed E-state index contributed by atoms with van der Waals surface area (Å²) in [6.07, 6.45) is 7.69. The first-order valence-corrected chi connectivity index (χ1v) is 7.56. The van der Waals surface area contributed by atoms with Crippen LogP contribution in [-0.4, -0.2) is 17.5 Å². The normalized spacial score (nSPS) is 33.8. The van der Waals surface area contributed by atoms with E-state index in [2.05, 4.69) is 48.9 Å². The van der Waals surface area contributed by atoms with Gasteiger partial charge in [0, 0.05) is 6.42 Å². The van der Waals surface area contributed by atoms with E-state index >= 15 is 0 Å². The standard InChI is InChI=1S/C18H25N3O/c1-13-6-8-17(4,9-7-13)10-11-18(5)12-14(19)21-16(2,3)22-15(18)20/h6-8,20H,9,12H2,1-5H3,(H2,19,21)/t17-,18?/m0/s1. The van der Waals surface area contributed by atoms with Crippen LogP contribution in [0.5, 0.6) is 0 Å². The van der Waals surface area contributed by atoms with Gasteiger partial charge in [-0.05, 0) is 41.0 Å². The van der Waals surface area contributed by atoms with E-state index in [0.29, 0.717) is 12.3 Å². The monoisotopic (exact) mass is 299 g/mol. The van der Waals surface area contributed by atoms with Crippen LogP contribution in [0, 0.1) is 28.1 Å². The SMILES string of the molecule is CC1=CC[C@@](C)(C#CC2(C)CC(N)=NC(C)(C)OC2=N)C=C1. The first-order chi connectivity index (χ1) is 10.0. The first kappa shape index (κ1) is 16.4. The van der Waals surface area contributed by atoms with Gasteiger partial charge in [0.25, 0.3) is 0 Å². The Labute approximate surface area is 133 Å². The van der Waals surface area contributed by atoms with Crippen LogP contribution in [0.2, 0.25) is 0 Å². The quantitative estimate of drug-likeness (QED) is 0.673. The molecule has 4 nitrogen and oxygen atoms in total. The van der Waals surface area contributed by atoms with Crippen molar-refractivity contribution in [1.82, 2.24) is 0 Å². The molecule has 22 heavy (non-hydrogen) atoms. The van der Waals surface area contributed by atoms with Gasteiger partial charge in [-0.2, -0.15) is 0 Å². The number of nitrogens with two attached hydrogens (primary N) is 1. The highest BCUT2D eigenvalue weighted by molar-refractivity contribution is 5.93. The Balaban J connectivity index is 2.29. The molecule has 1 aliphatic carbocycles. The van der Waals surface area contributed by atoms with E-state index in [-0.39, 0.29) is 11.3 Å². The second-order valence-electron chi connectivity index (χ2n) is 7.14. The molecule has 1 unspecified atom stereocenters. The van der Waals surface area contributed by atoms with Gasteiger partial charge in [-0.15, -0.1) is 0 Å². The molecule has 0 saturated carbocycles. The zero-order valence-corrected chi connectivity index (χ0v) is 14.1. The van der Waals surface area contributed by atoms with E-state index in [0.717, 1.165) is 6.42 Å². The fourth-order valence-corrected chi connectivity index (χ4v) is 2.51. The fraction of sp³-hybridized carbons (Fsp3) is 0.556. The van der Waals surface area contributed by atoms with Gasteiger partial charge in [-0.3, -0.25) is 5.41 Å². The molecule has 0 bridgehead atoms. The second-order valence-corrected chi connectivity index (χ2v) is 7.14. The van der Waals surface area contributed by atoms with Gasteiger partial charge in [-0.25, -0.2) is 4.99 Å². The van der Waals surface area contributed by atoms with Crippen molar-refractivity contribution in [1.29, 1.82) is 5.41 Å². The van der Waals surface area contributed by atoms with Gasteiger partial charge >= 0.3 is 0 Å². The van der Waals surface area contributed by atoms with Crippen LogP contribution >= 0.6 is 0 Å². The fourth-order valence-electron chi connectivity index (χ4n) is 2.51. The number of amidine groups is 1. The van der Waals surface area contributed by atoms with Crippen LogP contribution in [0.4, 0.5) is 0 Å². The minimum absolute atomic E-state index is 0.129. The summed E-state index contributed by atoms with van der Waals surface area (Å²) in [4.78, 5) is 4.32. The van der Waals surface area contributed by atoms with Crippen molar-refractivity contribution in [3.63, 3.8) is 0 Å². The maximum Gasteiger partial charge on any atom is 0.202 e. The van der Waals surface area contributed by atoms with Gasteiger partial charge in [-0.1, -0.05) is 35.6 Å². The van der Waals surface area contributed by atoms with E-state index < -0.39 is 11.1 Å². The predicted octanol–water partition coefficient (Wildman–Crippen LogP) is 3.40. The second kappa shape index (κ2) is 5.31. The molecule has 2 aliphatic rings. The maximum atomic E-state index is 8.26. The van der Waals surface area contributed by atoms with Crippen molar-refractivity contribution >= 4 is 11.7 Å². The Morgan fingerprint density at radius 1 is 1.27 bits per heavy atom. The zero-order valence-electron chi connectivity index (χ0n) is 14.1. The highest BCUT2D eigenvalue weighted by atomic mass is 16.5. The van der Waals surface area contributed by atoms with E-state index in [1.54, 1.807) is 13.8 Å². The Bertz CT molecular complexity index is 645. The molecule has 0 aromatic rings. The summed E-state index contributed by atoms with van der Waals surface area (Å²) in [5.74, 6) is 7.17. The Morgan fingerprint density at radius 2 is 1.95 bits per heavy atom. The van der Waals surface area contributed by atoms with Crippen LogP contribution < -0.4 is 5.73 Å². The summed E-state index contributed by atoms with van der Waals surface area (Å²) < 4.78 is 5.66. The van der Waals surface area contributed by atoms with Gasteiger partial charge in [0.1, 0.15) is 11.3 Å². The molecule has 0 saturated heterocycles. The van der Waals surface area contributed by atoms with Crippen LogP contribution in [0.3, 0.4) is 0 Å². The minimum Gasteiger partial charge on any atom is -0.452 e. The van der Waals surface area contributed by atoms with Gasteiger partial charge in [0.15, 0.2) is 5.72 Å². The topological polar surface area (TPSA) is 71.5 Å². The van der Waals surface area contributed by atoms with Crippen LogP contribution in [0.25, 0.3) is 0 Å². The number of hydrogen-bond donors (Lipinski definition) is 2. The van der Waals surface area contributed by atoms with Crippen molar-refractivity contribution in [3.8, 4) is 11.8 Å². The predicted molar refractivity (Wildman–Crippen MR) is 90.6 cm³/mol. The lowest BCUT2D eigenvalue weighted by atomic mass is 9.80. The van der Waals surface area contributed by atoms with Crippen molar-refractivity contribution in [2.45, 2.75) is 53.2 Å². The highest BCUT2D eigenvalue weighted by Gasteiger charge is 2.38. The van der Waals surface area contributed by atoms with Crippen molar-refractivity contribution < 1.29 is 4.74 Å². The summed E-state index contributed by atoms with van der Waals surface area (Å²) >= 11 is 0. The van der Waals surface area contributed by atoms with Gasteiger partial charge < -0.3 is 10.5 Å². The Hall–Kier alpha value is -2.02. The molecule has 1 aliphatic heterocycles. The summed E-state index contributed by atoms with van der Waals surface area (Å²) in [5, 5.41) is 8.26. The van der Waals surface area contributed by atoms with Gasteiger partial charge in [0.2, 0.25) is 5.90 Å². The number of aliphatic imine (C=N–C) groups is 1. The Kier molecular flexibility index (Phi) is 3.95. The van der Waals surface area contributed by atoms with E-state index in [1.807, 2.05) is 6.92 Å². The molecule has 0 radical (unpaired) electrons. The number of rotatable bonds is 0. The van der Waals surface area contributed by atoms with Crippen LogP contribution in [0.15, 0.2) is 28.8 Å². The largest absolute Gasteiger partial charge is 0.452 e. The number of nitrogens with zero attached hydrogens (tertiary/aromatic N) is 1. The summed E-state index contributed by atoms with van der Waals surface area (Å²) in [7, 11) is 0.